The fourth-order valence-electron chi connectivity index (χ4n) is 2.38. The molecule has 0 atom stereocenters. The van der Waals surface area contributed by atoms with Crippen LogP contribution in [0, 0.1) is 0 Å². The van der Waals surface area contributed by atoms with E-state index in [1.54, 1.807) is 28.8 Å². The van der Waals surface area contributed by atoms with E-state index in [0.717, 1.165) is 5.52 Å². The lowest BCUT2D eigenvalue weighted by Crippen LogP contribution is -2.43. The van der Waals surface area contributed by atoms with E-state index in [-0.39, 0.29) is 17.0 Å². The Morgan fingerprint density at radius 1 is 1.25 bits per heavy atom. The zero-order chi connectivity index (χ0) is 14.1. The molecule has 1 fully saturated rings. The van der Waals surface area contributed by atoms with Crippen LogP contribution in [0.1, 0.15) is 10.5 Å². The number of benzene rings is 1. The van der Waals surface area contributed by atoms with Crippen LogP contribution < -0.4 is 5.43 Å². The standard InChI is InChI=1S/C14H15N3O3/c1-16-11-5-3-2-4-10(11)13(18)12(15-16)14(19)17-6-8-20-9-7-17/h2-5H,6-9H2,1H3. The van der Waals surface area contributed by atoms with E-state index in [4.69, 9.17) is 4.74 Å². The number of aryl methyl sites for hydroxylation is 1. The molecule has 6 heteroatoms. The Morgan fingerprint density at radius 3 is 2.70 bits per heavy atom. The van der Waals surface area contributed by atoms with Gasteiger partial charge >= 0.3 is 0 Å². The highest BCUT2D eigenvalue weighted by molar-refractivity contribution is 5.95. The molecular formula is C14H15N3O3. The summed E-state index contributed by atoms with van der Waals surface area (Å²) in [5.41, 5.74) is 0.388. The second kappa shape index (κ2) is 5.05. The zero-order valence-electron chi connectivity index (χ0n) is 11.2. The number of hydrogen-bond acceptors (Lipinski definition) is 4. The molecule has 0 saturated carbocycles. The van der Waals surface area contributed by atoms with Crippen molar-refractivity contribution in [1.29, 1.82) is 0 Å². The maximum Gasteiger partial charge on any atom is 0.278 e. The van der Waals surface area contributed by atoms with Crippen molar-refractivity contribution in [1.82, 2.24) is 14.7 Å². The van der Waals surface area contributed by atoms with Crippen LogP contribution in [0.15, 0.2) is 29.1 Å². The molecule has 2 heterocycles. The summed E-state index contributed by atoms with van der Waals surface area (Å²) in [6, 6.07) is 7.15. The van der Waals surface area contributed by atoms with Crippen molar-refractivity contribution in [2.24, 2.45) is 7.05 Å². The van der Waals surface area contributed by atoms with E-state index in [1.807, 2.05) is 12.1 Å². The molecule has 1 aliphatic rings. The number of carbonyl (C=O) groups excluding carboxylic acids is 1. The molecule has 1 aromatic carbocycles. The van der Waals surface area contributed by atoms with Crippen LogP contribution in [-0.2, 0) is 11.8 Å². The molecule has 1 saturated heterocycles. The molecule has 104 valence electrons. The van der Waals surface area contributed by atoms with Crippen LogP contribution in [0.2, 0.25) is 0 Å². The van der Waals surface area contributed by atoms with Gasteiger partial charge in [0.15, 0.2) is 5.69 Å². The van der Waals surface area contributed by atoms with Gasteiger partial charge in [-0.25, -0.2) is 0 Å². The normalized spacial score (nSPS) is 15.6. The van der Waals surface area contributed by atoms with Gasteiger partial charge in [0.2, 0.25) is 5.43 Å². The first-order valence-corrected chi connectivity index (χ1v) is 6.51. The number of fused-ring (bicyclic) bond motifs is 1. The topological polar surface area (TPSA) is 64.4 Å². The molecule has 0 aliphatic carbocycles. The molecule has 6 nitrogen and oxygen atoms in total. The van der Waals surface area contributed by atoms with Gasteiger partial charge in [0.05, 0.1) is 18.7 Å². The van der Waals surface area contributed by atoms with Crippen molar-refractivity contribution in [3.63, 3.8) is 0 Å². The van der Waals surface area contributed by atoms with E-state index in [2.05, 4.69) is 5.10 Å². The summed E-state index contributed by atoms with van der Waals surface area (Å²) in [5.74, 6) is -0.320. The van der Waals surface area contributed by atoms with Gasteiger partial charge in [-0.2, -0.15) is 5.10 Å². The summed E-state index contributed by atoms with van der Waals surface area (Å²) in [6.07, 6.45) is 0. The molecule has 0 spiro atoms. The van der Waals surface area contributed by atoms with Gasteiger partial charge in [-0.15, -0.1) is 0 Å². The van der Waals surface area contributed by atoms with E-state index in [0.29, 0.717) is 31.7 Å². The van der Waals surface area contributed by atoms with Gasteiger partial charge in [0.1, 0.15) is 0 Å². The predicted octanol–water partition coefficient (Wildman–Crippen LogP) is 0.406. The first-order valence-electron chi connectivity index (χ1n) is 6.51. The molecule has 0 unspecified atom stereocenters. The number of morpholine rings is 1. The molecule has 0 radical (unpaired) electrons. The fraction of sp³-hybridized carbons (Fsp3) is 0.357. The number of amides is 1. The minimum Gasteiger partial charge on any atom is -0.378 e. The SMILES string of the molecule is Cn1nc(C(=O)N2CCOCC2)c(=O)c2ccccc21. The number of nitrogens with zero attached hydrogens (tertiary/aromatic N) is 3. The quantitative estimate of drug-likeness (QED) is 0.754. The molecule has 1 aliphatic heterocycles. The summed E-state index contributed by atoms with van der Waals surface area (Å²) >= 11 is 0. The zero-order valence-corrected chi connectivity index (χ0v) is 11.2. The average molecular weight is 273 g/mol. The van der Waals surface area contributed by atoms with E-state index < -0.39 is 0 Å². The molecule has 1 aromatic heterocycles. The third-order valence-corrected chi connectivity index (χ3v) is 3.46. The third kappa shape index (κ3) is 2.08. The Hall–Kier alpha value is -2.21. The first kappa shape index (κ1) is 12.8. The van der Waals surface area contributed by atoms with E-state index in [9.17, 15) is 9.59 Å². The van der Waals surface area contributed by atoms with Crippen molar-refractivity contribution in [2.75, 3.05) is 26.3 Å². The Kier molecular flexibility index (Phi) is 3.23. The van der Waals surface area contributed by atoms with Crippen molar-refractivity contribution in [3.05, 3.63) is 40.2 Å². The second-order valence-electron chi connectivity index (χ2n) is 4.72. The van der Waals surface area contributed by atoms with Crippen LogP contribution in [0.5, 0.6) is 0 Å². The summed E-state index contributed by atoms with van der Waals surface area (Å²) in [4.78, 5) is 26.4. The van der Waals surface area contributed by atoms with Crippen LogP contribution in [-0.4, -0.2) is 46.9 Å². The van der Waals surface area contributed by atoms with Gasteiger partial charge in [-0.1, -0.05) is 12.1 Å². The highest BCUT2D eigenvalue weighted by atomic mass is 16.5. The molecule has 0 bridgehead atoms. The lowest BCUT2D eigenvalue weighted by molar-refractivity contribution is 0.0297. The molecular weight excluding hydrogens is 258 g/mol. The predicted molar refractivity (Wildman–Crippen MR) is 73.7 cm³/mol. The van der Waals surface area contributed by atoms with Gasteiger partial charge in [0.25, 0.3) is 5.91 Å². The van der Waals surface area contributed by atoms with Gasteiger partial charge in [-0.3, -0.25) is 14.3 Å². The summed E-state index contributed by atoms with van der Waals surface area (Å²) in [7, 11) is 1.73. The van der Waals surface area contributed by atoms with Crippen molar-refractivity contribution in [2.45, 2.75) is 0 Å². The number of carbonyl (C=O) groups is 1. The molecule has 0 N–H and O–H groups in total. The highest BCUT2D eigenvalue weighted by Crippen LogP contribution is 2.09. The number of rotatable bonds is 1. The largest absolute Gasteiger partial charge is 0.378 e. The second-order valence-corrected chi connectivity index (χ2v) is 4.72. The molecule has 20 heavy (non-hydrogen) atoms. The Labute approximate surface area is 115 Å². The summed E-state index contributed by atoms with van der Waals surface area (Å²) < 4.78 is 6.79. The van der Waals surface area contributed by atoms with Crippen LogP contribution in [0.4, 0.5) is 0 Å². The van der Waals surface area contributed by atoms with Crippen molar-refractivity contribution >= 4 is 16.8 Å². The molecule has 1 amide bonds. The van der Waals surface area contributed by atoms with Crippen LogP contribution >= 0.6 is 0 Å². The molecule has 2 aromatic rings. The lowest BCUT2D eigenvalue weighted by Gasteiger charge is -2.26. The van der Waals surface area contributed by atoms with Crippen molar-refractivity contribution < 1.29 is 9.53 Å². The Balaban J connectivity index is 2.10. The number of hydrogen-bond donors (Lipinski definition) is 0. The summed E-state index contributed by atoms with van der Waals surface area (Å²) in [6.45, 7) is 1.99. The third-order valence-electron chi connectivity index (χ3n) is 3.46. The number of para-hydroxylation sites is 1. The molecule has 3 rings (SSSR count). The van der Waals surface area contributed by atoms with E-state index in [1.165, 1.54) is 0 Å². The van der Waals surface area contributed by atoms with E-state index >= 15 is 0 Å². The maximum absolute atomic E-state index is 12.4. The summed E-state index contributed by atoms with van der Waals surface area (Å²) in [5, 5.41) is 4.66. The first-order chi connectivity index (χ1) is 9.68. The number of aromatic nitrogens is 2. The van der Waals surface area contributed by atoms with Gasteiger partial charge < -0.3 is 9.64 Å². The monoisotopic (exact) mass is 273 g/mol. The minimum absolute atomic E-state index is 0.0203. The maximum atomic E-state index is 12.4. The smallest absolute Gasteiger partial charge is 0.278 e. The van der Waals surface area contributed by atoms with Gasteiger partial charge in [-0.05, 0) is 12.1 Å². The number of ether oxygens (including phenoxy) is 1. The Bertz CT molecular complexity index is 717. The van der Waals surface area contributed by atoms with Crippen molar-refractivity contribution in [3.8, 4) is 0 Å². The Morgan fingerprint density at radius 2 is 1.95 bits per heavy atom. The lowest BCUT2D eigenvalue weighted by atomic mass is 10.2. The van der Waals surface area contributed by atoms with Gasteiger partial charge in [0, 0.05) is 25.5 Å². The van der Waals surface area contributed by atoms with Crippen LogP contribution in [0.25, 0.3) is 10.9 Å². The minimum atomic E-state index is -0.320. The highest BCUT2D eigenvalue weighted by Gasteiger charge is 2.23. The van der Waals surface area contributed by atoms with Crippen LogP contribution in [0.3, 0.4) is 0 Å². The average Bonchev–Trinajstić information content (AvgIpc) is 2.51. The fourth-order valence-corrected chi connectivity index (χ4v) is 2.38.